The van der Waals surface area contributed by atoms with Crippen LogP contribution in [0.4, 0.5) is 0 Å². The first kappa shape index (κ1) is 15.0. The summed E-state index contributed by atoms with van der Waals surface area (Å²) < 4.78 is 5.28. The zero-order chi connectivity index (χ0) is 15.1. The molecule has 2 N–H and O–H groups in total. The number of primary amides is 1. The van der Waals surface area contributed by atoms with Gasteiger partial charge in [0.1, 0.15) is 0 Å². The highest BCUT2D eigenvalue weighted by atomic mass is 16.5. The van der Waals surface area contributed by atoms with Crippen LogP contribution in [0.3, 0.4) is 0 Å². The summed E-state index contributed by atoms with van der Waals surface area (Å²) in [6, 6.07) is 0. The lowest BCUT2D eigenvalue weighted by atomic mass is 10.1. The van der Waals surface area contributed by atoms with Crippen molar-refractivity contribution in [2.24, 2.45) is 23.0 Å². The quantitative estimate of drug-likeness (QED) is 0.782. The number of carbonyl (C=O) groups excluding carboxylic acids is 2. The van der Waals surface area contributed by atoms with Crippen molar-refractivity contribution >= 4 is 11.8 Å². The molecule has 5 heteroatoms. The van der Waals surface area contributed by atoms with Crippen LogP contribution >= 0.6 is 0 Å². The Hall–Kier alpha value is -1.36. The molecule has 0 spiro atoms. The molecule has 2 rings (SSSR count). The third-order valence-corrected chi connectivity index (χ3v) is 4.39. The van der Waals surface area contributed by atoms with Gasteiger partial charge in [0.2, 0.25) is 11.8 Å². The fourth-order valence-corrected chi connectivity index (χ4v) is 3.04. The summed E-state index contributed by atoms with van der Waals surface area (Å²) in [5.41, 5.74) is 6.48. The van der Waals surface area contributed by atoms with Crippen molar-refractivity contribution in [3.05, 3.63) is 11.6 Å². The van der Waals surface area contributed by atoms with Crippen LogP contribution in [0.5, 0.6) is 0 Å². The Morgan fingerprint density at radius 1 is 1.35 bits per heavy atom. The summed E-state index contributed by atoms with van der Waals surface area (Å²) in [6.45, 7) is 9.53. The Bertz CT molecular complexity index is 452. The van der Waals surface area contributed by atoms with E-state index in [-0.39, 0.29) is 29.7 Å². The van der Waals surface area contributed by atoms with Gasteiger partial charge >= 0.3 is 0 Å². The smallest absolute Gasteiger partial charge is 0.248 e. The Morgan fingerprint density at radius 3 is 2.55 bits per heavy atom. The van der Waals surface area contributed by atoms with Crippen LogP contribution < -0.4 is 5.73 Å². The molecule has 2 amide bonds. The minimum atomic E-state index is -0.670. The van der Waals surface area contributed by atoms with Crippen LogP contribution in [0.15, 0.2) is 11.6 Å². The van der Waals surface area contributed by atoms with Crippen LogP contribution in [0.1, 0.15) is 27.7 Å². The average molecular weight is 280 g/mol. The SMILES string of the molecule is CC(C)=C[C@@H]1[C@H](C(=O)N2CCO[C@@H](C(N)=O)C2)C1(C)C. The number of hydrogen-bond donors (Lipinski definition) is 1. The van der Waals surface area contributed by atoms with Crippen molar-refractivity contribution in [3.63, 3.8) is 0 Å². The van der Waals surface area contributed by atoms with Crippen molar-refractivity contribution in [1.29, 1.82) is 0 Å². The first-order chi connectivity index (χ1) is 9.25. The van der Waals surface area contributed by atoms with Gasteiger partial charge in [0.25, 0.3) is 0 Å². The predicted octanol–water partition coefficient (Wildman–Crippen LogP) is 0.937. The van der Waals surface area contributed by atoms with Gasteiger partial charge in [0.15, 0.2) is 6.10 Å². The summed E-state index contributed by atoms with van der Waals surface area (Å²) in [4.78, 5) is 25.5. The van der Waals surface area contributed by atoms with E-state index in [1.165, 1.54) is 5.57 Å². The van der Waals surface area contributed by atoms with E-state index in [0.717, 1.165) is 0 Å². The van der Waals surface area contributed by atoms with E-state index in [1.54, 1.807) is 4.90 Å². The topological polar surface area (TPSA) is 72.6 Å². The fraction of sp³-hybridized carbons (Fsp3) is 0.733. The fourth-order valence-electron chi connectivity index (χ4n) is 3.04. The molecule has 112 valence electrons. The average Bonchev–Trinajstić information content (AvgIpc) is 2.89. The molecular formula is C15H24N2O3. The van der Waals surface area contributed by atoms with Crippen LogP contribution in [-0.4, -0.2) is 42.5 Å². The highest BCUT2D eigenvalue weighted by molar-refractivity contribution is 5.85. The molecule has 0 radical (unpaired) electrons. The molecule has 1 heterocycles. The molecule has 3 atom stereocenters. The summed E-state index contributed by atoms with van der Waals surface area (Å²) in [6.07, 6.45) is 1.51. The van der Waals surface area contributed by atoms with Gasteiger partial charge in [-0.05, 0) is 25.2 Å². The zero-order valence-corrected chi connectivity index (χ0v) is 12.7. The van der Waals surface area contributed by atoms with E-state index in [9.17, 15) is 9.59 Å². The first-order valence-electron chi connectivity index (χ1n) is 7.10. The van der Waals surface area contributed by atoms with E-state index < -0.39 is 12.0 Å². The minimum Gasteiger partial charge on any atom is -0.367 e. The van der Waals surface area contributed by atoms with E-state index in [1.807, 2.05) is 13.8 Å². The first-order valence-corrected chi connectivity index (χ1v) is 7.10. The Balaban J connectivity index is 2.05. The van der Waals surface area contributed by atoms with Gasteiger partial charge in [-0.1, -0.05) is 25.5 Å². The highest BCUT2D eigenvalue weighted by Gasteiger charge is 2.61. The molecule has 0 aromatic heterocycles. The maximum Gasteiger partial charge on any atom is 0.248 e. The molecule has 0 aromatic carbocycles. The predicted molar refractivity (Wildman–Crippen MR) is 75.7 cm³/mol. The Labute approximate surface area is 120 Å². The van der Waals surface area contributed by atoms with Crippen molar-refractivity contribution < 1.29 is 14.3 Å². The number of carbonyl (C=O) groups is 2. The lowest BCUT2D eigenvalue weighted by Gasteiger charge is -2.31. The number of hydrogen-bond acceptors (Lipinski definition) is 3. The number of nitrogens with two attached hydrogens (primary N) is 1. The summed E-state index contributed by atoms with van der Waals surface area (Å²) in [5.74, 6) is -0.0932. The molecule has 1 saturated carbocycles. The summed E-state index contributed by atoms with van der Waals surface area (Å²) in [7, 11) is 0. The summed E-state index contributed by atoms with van der Waals surface area (Å²) >= 11 is 0. The van der Waals surface area contributed by atoms with Crippen molar-refractivity contribution in [3.8, 4) is 0 Å². The zero-order valence-electron chi connectivity index (χ0n) is 12.7. The van der Waals surface area contributed by atoms with Gasteiger partial charge < -0.3 is 15.4 Å². The van der Waals surface area contributed by atoms with Crippen LogP contribution in [-0.2, 0) is 14.3 Å². The second-order valence-electron chi connectivity index (χ2n) is 6.61. The van der Waals surface area contributed by atoms with Crippen LogP contribution in [0.25, 0.3) is 0 Å². The van der Waals surface area contributed by atoms with Gasteiger partial charge in [0, 0.05) is 6.54 Å². The molecular weight excluding hydrogens is 256 g/mol. The molecule has 0 unspecified atom stereocenters. The maximum atomic E-state index is 12.6. The van der Waals surface area contributed by atoms with E-state index in [2.05, 4.69) is 19.9 Å². The van der Waals surface area contributed by atoms with Gasteiger partial charge in [-0.2, -0.15) is 0 Å². The van der Waals surface area contributed by atoms with Gasteiger partial charge in [-0.25, -0.2) is 0 Å². The normalized spacial score (nSPS) is 31.6. The van der Waals surface area contributed by atoms with Crippen molar-refractivity contribution in [2.75, 3.05) is 19.7 Å². The van der Waals surface area contributed by atoms with Gasteiger partial charge in [-0.3, -0.25) is 9.59 Å². The molecule has 1 aliphatic carbocycles. The van der Waals surface area contributed by atoms with E-state index >= 15 is 0 Å². The van der Waals surface area contributed by atoms with Crippen molar-refractivity contribution in [1.82, 2.24) is 4.90 Å². The number of rotatable bonds is 3. The van der Waals surface area contributed by atoms with Crippen molar-refractivity contribution in [2.45, 2.75) is 33.8 Å². The Morgan fingerprint density at radius 2 is 2.00 bits per heavy atom. The molecule has 2 aliphatic rings. The number of ether oxygens (including phenoxy) is 1. The third kappa shape index (κ3) is 2.73. The number of allylic oxidation sites excluding steroid dienone is 2. The molecule has 20 heavy (non-hydrogen) atoms. The number of nitrogens with zero attached hydrogens (tertiary/aromatic N) is 1. The largest absolute Gasteiger partial charge is 0.367 e. The third-order valence-electron chi connectivity index (χ3n) is 4.39. The molecule has 5 nitrogen and oxygen atoms in total. The second-order valence-corrected chi connectivity index (χ2v) is 6.61. The second kappa shape index (κ2) is 5.20. The Kier molecular flexibility index (Phi) is 3.91. The molecule has 0 bridgehead atoms. The minimum absolute atomic E-state index is 0.00373. The number of morpholine rings is 1. The molecule has 1 saturated heterocycles. The van der Waals surface area contributed by atoms with Gasteiger partial charge in [-0.15, -0.1) is 0 Å². The van der Waals surface area contributed by atoms with Gasteiger partial charge in [0.05, 0.1) is 19.1 Å². The lowest BCUT2D eigenvalue weighted by molar-refractivity contribution is -0.146. The molecule has 2 fully saturated rings. The van der Waals surface area contributed by atoms with E-state index in [4.69, 9.17) is 10.5 Å². The van der Waals surface area contributed by atoms with E-state index in [0.29, 0.717) is 13.2 Å². The highest BCUT2D eigenvalue weighted by Crippen LogP contribution is 2.60. The maximum absolute atomic E-state index is 12.6. The lowest BCUT2D eigenvalue weighted by Crippen LogP contribution is -2.51. The monoisotopic (exact) mass is 280 g/mol. The summed E-state index contributed by atoms with van der Waals surface area (Å²) in [5, 5.41) is 0. The number of amides is 2. The standard InChI is InChI=1S/C15H24N2O3/c1-9(2)7-10-12(15(10,3)4)14(19)17-5-6-20-11(8-17)13(16)18/h7,10-12H,5-6,8H2,1-4H3,(H2,16,18)/t10-,11-,12-/m1/s1. The van der Waals surface area contributed by atoms with Crippen LogP contribution in [0, 0.1) is 17.3 Å². The van der Waals surface area contributed by atoms with Crippen LogP contribution in [0.2, 0.25) is 0 Å². The molecule has 0 aromatic rings. The molecule has 1 aliphatic heterocycles.